The number of hydrogen-bond donors (Lipinski definition) is 0. The van der Waals surface area contributed by atoms with Crippen LogP contribution < -0.4 is 14.2 Å². The maximum Gasteiger partial charge on any atom is 0.165 e. The Morgan fingerprint density at radius 3 is 2.90 bits per heavy atom. The molecule has 2 aromatic rings. The summed E-state index contributed by atoms with van der Waals surface area (Å²) in [6.45, 7) is 0.707. The molecule has 2 heterocycles. The van der Waals surface area contributed by atoms with Crippen LogP contribution in [-0.2, 0) is 6.42 Å². The molecule has 3 heteroatoms. The Kier molecular flexibility index (Phi) is 2.59. The van der Waals surface area contributed by atoms with Gasteiger partial charge in [-0.05, 0) is 24.1 Å². The molecule has 2 aromatic carbocycles. The van der Waals surface area contributed by atoms with Crippen molar-refractivity contribution in [2.75, 3.05) is 13.7 Å². The molecule has 0 N–H and O–H groups in total. The van der Waals surface area contributed by atoms with Crippen molar-refractivity contribution in [3.63, 3.8) is 0 Å². The van der Waals surface area contributed by atoms with E-state index < -0.39 is 0 Å². The van der Waals surface area contributed by atoms with Gasteiger partial charge in [0.1, 0.15) is 11.9 Å². The van der Waals surface area contributed by atoms with Crippen LogP contribution in [0.15, 0.2) is 42.5 Å². The van der Waals surface area contributed by atoms with Gasteiger partial charge in [-0.2, -0.15) is 0 Å². The first-order valence-corrected chi connectivity index (χ1v) is 6.91. The molecule has 0 fully saturated rings. The van der Waals surface area contributed by atoms with E-state index in [1.54, 1.807) is 7.11 Å². The van der Waals surface area contributed by atoms with E-state index in [4.69, 9.17) is 14.2 Å². The highest BCUT2D eigenvalue weighted by molar-refractivity contribution is 5.50. The molecule has 2 aliphatic rings. The quantitative estimate of drug-likeness (QED) is 0.793. The van der Waals surface area contributed by atoms with Gasteiger partial charge in [-0.25, -0.2) is 0 Å². The molecule has 0 aromatic heterocycles. The molecule has 3 nitrogen and oxygen atoms in total. The van der Waals surface area contributed by atoms with Crippen molar-refractivity contribution < 1.29 is 14.2 Å². The predicted molar refractivity (Wildman–Crippen MR) is 75.5 cm³/mol. The first kappa shape index (κ1) is 11.6. The minimum atomic E-state index is 0.0590. The third-order valence-electron chi connectivity index (χ3n) is 4.11. The fraction of sp³-hybridized carbons (Fsp3) is 0.294. The van der Waals surface area contributed by atoms with E-state index in [0.717, 1.165) is 29.2 Å². The largest absolute Gasteiger partial charge is 0.493 e. The van der Waals surface area contributed by atoms with Gasteiger partial charge in [0, 0.05) is 11.5 Å². The van der Waals surface area contributed by atoms with E-state index in [1.165, 1.54) is 5.56 Å². The molecule has 2 atom stereocenters. The summed E-state index contributed by atoms with van der Waals surface area (Å²) in [7, 11) is 1.68. The Hall–Kier alpha value is -2.16. The van der Waals surface area contributed by atoms with Gasteiger partial charge < -0.3 is 14.2 Å². The minimum Gasteiger partial charge on any atom is -0.493 e. The summed E-state index contributed by atoms with van der Waals surface area (Å²) in [5.74, 6) is 2.99. The Labute approximate surface area is 118 Å². The van der Waals surface area contributed by atoms with Crippen molar-refractivity contribution in [1.82, 2.24) is 0 Å². The maximum atomic E-state index is 6.28. The molecule has 4 rings (SSSR count). The Balaban J connectivity index is 1.79. The molecule has 0 amide bonds. The van der Waals surface area contributed by atoms with Gasteiger partial charge in [0.15, 0.2) is 11.5 Å². The highest BCUT2D eigenvalue weighted by Gasteiger charge is 2.37. The summed E-state index contributed by atoms with van der Waals surface area (Å²) in [6, 6.07) is 14.2. The first-order valence-electron chi connectivity index (χ1n) is 6.91. The summed E-state index contributed by atoms with van der Waals surface area (Å²) in [6.07, 6.45) is 1.02. The van der Waals surface area contributed by atoms with Crippen LogP contribution in [0.3, 0.4) is 0 Å². The Morgan fingerprint density at radius 2 is 2.00 bits per heavy atom. The van der Waals surface area contributed by atoms with Crippen molar-refractivity contribution >= 4 is 0 Å². The molecule has 0 saturated carbocycles. The van der Waals surface area contributed by atoms with Crippen LogP contribution in [0.1, 0.15) is 17.2 Å². The summed E-state index contributed by atoms with van der Waals surface area (Å²) in [5.41, 5.74) is 2.34. The van der Waals surface area contributed by atoms with E-state index in [1.807, 2.05) is 30.3 Å². The highest BCUT2D eigenvalue weighted by atomic mass is 16.5. The molecule has 0 radical (unpaired) electrons. The molecule has 20 heavy (non-hydrogen) atoms. The monoisotopic (exact) mass is 268 g/mol. The zero-order valence-electron chi connectivity index (χ0n) is 11.3. The van der Waals surface area contributed by atoms with Crippen LogP contribution >= 0.6 is 0 Å². The van der Waals surface area contributed by atoms with E-state index in [0.29, 0.717) is 12.5 Å². The van der Waals surface area contributed by atoms with Crippen molar-refractivity contribution in [3.8, 4) is 17.2 Å². The zero-order chi connectivity index (χ0) is 13.5. The van der Waals surface area contributed by atoms with Crippen LogP contribution in [0.25, 0.3) is 0 Å². The number of hydrogen-bond acceptors (Lipinski definition) is 3. The smallest absolute Gasteiger partial charge is 0.165 e. The molecule has 0 saturated heterocycles. The molecular weight excluding hydrogens is 252 g/mol. The standard InChI is InChI=1S/C17H16O3/c1-18-15-8-4-5-11-9-12-10-19-14-7-3-2-6-13(14)16(12)20-17(11)15/h2-8,12,16H,9-10H2,1H3/t12-,16-/m0/s1. The van der Waals surface area contributed by atoms with Gasteiger partial charge in [0.25, 0.3) is 0 Å². The zero-order valence-corrected chi connectivity index (χ0v) is 11.3. The fourth-order valence-electron chi connectivity index (χ4n) is 3.14. The van der Waals surface area contributed by atoms with Crippen molar-refractivity contribution in [2.45, 2.75) is 12.5 Å². The van der Waals surface area contributed by atoms with Gasteiger partial charge in [-0.15, -0.1) is 0 Å². The van der Waals surface area contributed by atoms with E-state index in [2.05, 4.69) is 12.1 Å². The average Bonchev–Trinajstić information content (AvgIpc) is 2.52. The highest BCUT2D eigenvalue weighted by Crippen LogP contribution is 2.47. The second kappa shape index (κ2) is 4.44. The lowest BCUT2D eigenvalue weighted by molar-refractivity contribution is 0.0518. The van der Waals surface area contributed by atoms with Crippen LogP contribution in [0.4, 0.5) is 0 Å². The average molecular weight is 268 g/mol. The van der Waals surface area contributed by atoms with Crippen molar-refractivity contribution in [1.29, 1.82) is 0 Å². The number of fused-ring (bicyclic) bond motifs is 4. The van der Waals surface area contributed by atoms with E-state index in [9.17, 15) is 0 Å². The third kappa shape index (κ3) is 1.66. The predicted octanol–water partition coefficient (Wildman–Crippen LogP) is 3.38. The van der Waals surface area contributed by atoms with Gasteiger partial charge in [-0.3, -0.25) is 0 Å². The van der Waals surface area contributed by atoms with Gasteiger partial charge in [0.2, 0.25) is 0 Å². The second-order valence-corrected chi connectivity index (χ2v) is 5.30. The number of ether oxygens (including phenoxy) is 3. The molecule has 0 aliphatic carbocycles. The van der Waals surface area contributed by atoms with Crippen LogP contribution in [0.5, 0.6) is 17.2 Å². The minimum absolute atomic E-state index is 0.0590. The number of methoxy groups -OCH3 is 1. The van der Waals surface area contributed by atoms with Gasteiger partial charge >= 0.3 is 0 Å². The summed E-state index contributed by atoms with van der Waals surface area (Å²) in [4.78, 5) is 0. The van der Waals surface area contributed by atoms with Gasteiger partial charge in [0.05, 0.1) is 13.7 Å². The van der Waals surface area contributed by atoms with Crippen LogP contribution in [-0.4, -0.2) is 13.7 Å². The number of benzene rings is 2. The fourth-order valence-corrected chi connectivity index (χ4v) is 3.14. The van der Waals surface area contributed by atoms with Crippen molar-refractivity contribution in [2.24, 2.45) is 5.92 Å². The molecule has 102 valence electrons. The summed E-state index contributed by atoms with van der Waals surface area (Å²) >= 11 is 0. The number of para-hydroxylation sites is 2. The lowest BCUT2D eigenvalue weighted by Gasteiger charge is -2.38. The molecule has 0 bridgehead atoms. The second-order valence-electron chi connectivity index (χ2n) is 5.30. The lowest BCUT2D eigenvalue weighted by Crippen LogP contribution is -2.34. The maximum absolute atomic E-state index is 6.28. The van der Waals surface area contributed by atoms with Crippen LogP contribution in [0, 0.1) is 5.92 Å². The Bertz CT molecular complexity index is 650. The topological polar surface area (TPSA) is 27.7 Å². The van der Waals surface area contributed by atoms with Crippen molar-refractivity contribution in [3.05, 3.63) is 53.6 Å². The summed E-state index contributed by atoms with van der Waals surface area (Å²) in [5, 5.41) is 0. The summed E-state index contributed by atoms with van der Waals surface area (Å²) < 4.78 is 17.6. The SMILES string of the molecule is COc1cccc2c1O[C@@H]1c3ccccc3OC[C@@H]1C2. The number of rotatable bonds is 1. The van der Waals surface area contributed by atoms with E-state index >= 15 is 0 Å². The normalized spacial score (nSPS) is 22.6. The molecular formula is C17H16O3. The molecule has 2 aliphatic heterocycles. The van der Waals surface area contributed by atoms with Gasteiger partial charge in [-0.1, -0.05) is 30.3 Å². The van der Waals surface area contributed by atoms with E-state index in [-0.39, 0.29) is 6.10 Å². The Morgan fingerprint density at radius 1 is 1.10 bits per heavy atom. The lowest BCUT2D eigenvalue weighted by atomic mass is 9.85. The third-order valence-corrected chi connectivity index (χ3v) is 4.11. The first-order chi connectivity index (χ1) is 9.86. The molecule has 0 spiro atoms. The van der Waals surface area contributed by atoms with Crippen LogP contribution in [0.2, 0.25) is 0 Å². The molecule has 0 unspecified atom stereocenters.